The quantitative estimate of drug-likeness (QED) is 0.703. The van der Waals surface area contributed by atoms with Crippen molar-refractivity contribution in [1.82, 2.24) is 25.3 Å². The van der Waals surface area contributed by atoms with E-state index in [9.17, 15) is 4.39 Å². The van der Waals surface area contributed by atoms with Crippen molar-refractivity contribution < 1.29 is 8.91 Å². The van der Waals surface area contributed by atoms with Gasteiger partial charge in [-0.05, 0) is 18.6 Å². The molecule has 0 saturated carbocycles. The third-order valence-electron chi connectivity index (χ3n) is 2.90. The number of aromatic nitrogens is 5. The van der Waals surface area contributed by atoms with Gasteiger partial charge in [0.25, 0.3) is 0 Å². The van der Waals surface area contributed by atoms with Gasteiger partial charge >= 0.3 is 0 Å². The van der Waals surface area contributed by atoms with Crippen LogP contribution in [0.25, 0.3) is 11.4 Å². The van der Waals surface area contributed by atoms with E-state index >= 15 is 0 Å². The molecule has 0 radical (unpaired) electrons. The zero-order valence-corrected chi connectivity index (χ0v) is 12.7. The number of H-pyrrole nitrogens is 1. The normalized spacial score (nSPS) is 11.0. The van der Waals surface area contributed by atoms with Crippen molar-refractivity contribution in [1.29, 1.82) is 0 Å². The number of thioether (sulfide) groups is 1. The first-order valence-electron chi connectivity index (χ1n) is 6.88. The second-order valence-electron chi connectivity index (χ2n) is 4.59. The van der Waals surface area contributed by atoms with Crippen molar-refractivity contribution >= 4 is 11.8 Å². The molecule has 0 aliphatic heterocycles. The lowest BCUT2D eigenvalue weighted by atomic mass is 10.2. The van der Waals surface area contributed by atoms with E-state index in [1.165, 1.54) is 17.8 Å². The minimum atomic E-state index is -0.337. The summed E-state index contributed by atoms with van der Waals surface area (Å²) in [6.45, 7) is 2.06. The summed E-state index contributed by atoms with van der Waals surface area (Å²) in [6, 6.07) is 6.42. The maximum Gasteiger partial charge on any atom is 0.237 e. The van der Waals surface area contributed by atoms with Gasteiger partial charge in [0.1, 0.15) is 5.82 Å². The number of aryl methyl sites for hydroxylation is 1. The monoisotopic (exact) mass is 319 g/mol. The third-order valence-corrected chi connectivity index (χ3v) is 3.73. The Hall–Kier alpha value is -2.22. The molecule has 1 N–H and O–H groups in total. The number of hydrogen-bond acceptors (Lipinski definition) is 6. The van der Waals surface area contributed by atoms with Gasteiger partial charge in [0.15, 0.2) is 11.6 Å². The van der Waals surface area contributed by atoms with E-state index in [4.69, 9.17) is 4.52 Å². The molecule has 0 fully saturated rings. The van der Waals surface area contributed by atoms with Crippen LogP contribution in [0, 0.1) is 5.82 Å². The lowest BCUT2D eigenvalue weighted by Gasteiger charge is -1.96. The Kier molecular flexibility index (Phi) is 4.47. The van der Waals surface area contributed by atoms with E-state index in [0.717, 1.165) is 12.8 Å². The van der Waals surface area contributed by atoms with E-state index in [1.807, 2.05) is 0 Å². The lowest BCUT2D eigenvalue weighted by Crippen LogP contribution is -1.87. The van der Waals surface area contributed by atoms with Gasteiger partial charge in [-0.25, -0.2) is 9.37 Å². The van der Waals surface area contributed by atoms with Crippen molar-refractivity contribution in [3.05, 3.63) is 41.8 Å². The third kappa shape index (κ3) is 3.33. The molecule has 0 amide bonds. The molecule has 3 aromatic rings. The summed E-state index contributed by atoms with van der Waals surface area (Å²) in [4.78, 5) is 8.54. The van der Waals surface area contributed by atoms with Crippen molar-refractivity contribution in [3.8, 4) is 11.4 Å². The molecule has 2 aromatic heterocycles. The molecule has 0 spiro atoms. The van der Waals surface area contributed by atoms with E-state index in [1.54, 1.807) is 18.2 Å². The van der Waals surface area contributed by atoms with E-state index in [-0.39, 0.29) is 5.82 Å². The Morgan fingerprint density at radius 1 is 1.27 bits per heavy atom. The van der Waals surface area contributed by atoms with Gasteiger partial charge in [0, 0.05) is 6.42 Å². The van der Waals surface area contributed by atoms with Crippen LogP contribution in [0.15, 0.2) is 33.9 Å². The highest BCUT2D eigenvalue weighted by Crippen LogP contribution is 2.23. The first kappa shape index (κ1) is 14.7. The maximum atomic E-state index is 13.7. The Morgan fingerprint density at radius 2 is 2.14 bits per heavy atom. The highest BCUT2D eigenvalue weighted by molar-refractivity contribution is 7.98. The number of hydrogen-bond donors (Lipinski definition) is 1. The summed E-state index contributed by atoms with van der Waals surface area (Å²) in [5.41, 5.74) is 0.393. The van der Waals surface area contributed by atoms with Crippen molar-refractivity contribution in [2.75, 3.05) is 0 Å². The topological polar surface area (TPSA) is 80.5 Å². The minimum Gasteiger partial charge on any atom is -0.338 e. The van der Waals surface area contributed by atoms with Gasteiger partial charge in [0.05, 0.1) is 11.3 Å². The van der Waals surface area contributed by atoms with Crippen LogP contribution in [-0.2, 0) is 12.2 Å². The second kappa shape index (κ2) is 6.69. The molecule has 0 aliphatic rings. The van der Waals surface area contributed by atoms with Gasteiger partial charge < -0.3 is 4.52 Å². The zero-order valence-electron chi connectivity index (χ0n) is 11.9. The highest BCUT2D eigenvalue weighted by Gasteiger charge is 2.12. The lowest BCUT2D eigenvalue weighted by molar-refractivity contribution is 0.384. The largest absolute Gasteiger partial charge is 0.338 e. The molecule has 22 heavy (non-hydrogen) atoms. The minimum absolute atomic E-state index is 0.337. The number of rotatable bonds is 6. The van der Waals surface area contributed by atoms with Crippen LogP contribution in [0.3, 0.4) is 0 Å². The Morgan fingerprint density at radius 3 is 2.95 bits per heavy atom. The van der Waals surface area contributed by atoms with Crippen molar-refractivity contribution in [2.45, 2.75) is 30.7 Å². The molecular formula is C14H14FN5OS. The Labute approximate surface area is 130 Å². The van der Waals surface area contributed by atoms with Crippen molar-refractivity contribution in [3.63, 3.8) is 0 Å². The van der Waals surface area contributed by atoms with Crippen LogP contribution in [0.1, 0.15) is 25.1 Å². The second-order valence-corrected chi connectivity index (χ2v) is 5.53. The molecule has 0 aliphatic carbocycles. The molecule has 0 saturated heterocycles. The van der Waals surface area contributed by atoms with Crippen LogP contribution < -0.4 is 0 Å². The van der Waals surface area contributed by atoms with E-state index < -0.39 is 0 Å². The van der Waals surface area contributed by atoms with Crippen LogP contribution in [0.5, 0.6) is 0 Å². The number of nitrogens with zero attached hydrogens (tertiary/aromatic N) is 4. The molecule has 0 bridgehead atoms. The average molecular weight is 319 g/mol. The fourth-order valence-corrected chi connectivity index (χ4v) is 2.52. The molecular weight excluding hydrogens is 305 g/mol. The molecule has 114 valence electrons. The van der Waals surface area contributed by atoms with Crippen LogP contribution in [0.2, 0.25) is 0 Å². The van der Waals surface area contributed by atoms with Gasteiger partial charge in [-0.1, -0.05) is 36.0 Å². The molecule has 0 atom stereocenters. The average Bonchev–Trinajstić information content (AvgIpc) is 3.15. The number of aromatic amines is 1. The van der Waals surface area contributed by atoms with Crippen LogP contribution in [-0.4, -0.2) is 25.3 Å². The van der Waals surface area contributed by atoms with Gasteiger partial charge in [-0.2, -0.15) is 4.98 Å². The summed E-state index contributed by atoms with van der Waals surface area (Å²) in [6.07, 6.45) is 1.77. The Bertz CT molecular complexity index is 757. The SMILES string of the molecule is CCCc1noc(CSc2n[nH]c(-c3ccccc3F)n2)n1. The first-order chi connectivity index (χ1) is 10.8. The molecule has 3 rings (SSSR count). The van der Waals surface area contributed by atoms with Crippen molar-refractivity contribution in [2.24, 2.45) is 0 Å². The molecule has 6 nitrogen and oxygen atoms in total. The van der Waals surface area contributed by atoms with Gasteiger partial charge in [-0.15, -0.1) is 5.10 Å². The smallest absolute Gasteiger partial charge is 0.237 e. The predicted molar refractivity (Wildman–Crippen MR) is 79.6 cm³/mol. The summed E-state index contributed by atoms with van der Waals surface area (Å²) >= 11 is 1.35. The van der Waals surface area contributed by atoms with Crippen LogP contribution >= 0.6 is 11.8 Å². The van der Waals surface area contributed by atoms with E-state index in [2.05, 4.69) is 32.2 Å². The number of nitrogens with one attached hydrogen (secondary N) is 1. The molecule has 1 aromatic carbocycles. The predicted octanol–water partition coefficient (Wildman–Crippen LogP) is 3.24. The van der Waals surface area contributed by atoms with Crippen LogP contribution in [0.4, 0.5) is 4.39 Å². The fraction of sp³-hybridized carbons (Fsp3) is 0.286. The summed E-state index contributed by atoms with van der Waals surface area (Å²) in [5, 5.41) is 11.2. The number of benzene rings is 1. The standard InChI is InChI=1S/C14H14FN5OS/c1-2-5-11-16-12(21-20-11)8-22-14-17-13(18-19-14)9-6-3-4-7-10(9)15/h3-4,6-7H,2,5,8H2,1H3,(H,17,18,19). The molecule has 2 heterocycles. The summed E-state index contributed by atoms with van der Waals surface area (Å²) < 4.78 is 18.8. The highest BCUT2D eigenvalue weighted by atomic mass is 32.2. The fourth-order valence-electron chi connectivity index (χ4n) is 1.88. The van der Waals surface area contributed by atoms with E-state index in [0.29, 0.717) is 34.0 Å². The summed E-state index contributed by atoms with van der Waals surface area (Å²) in [7, 11) is 0. The van der Waals surface area contributed by atoms with Gasteiger partial charge in [0.2, 0.25) is 11.0 Å². The first-order valence-corrected chi connectivity index (χ1v) is 7.86. The molecule has 0 unspecified atom stereocenters. The van der Waals surface area contributed by atoms with Gasteiger partial charge in [-0.3, -0.25) is 5.10 Å². The maximum absolute atomic E-state index is 13.7. The molecule has 8 heteroatoms. The number of halogens is 1. The summed E-state index contributed by atoms with van der Waals surface area (Å²) in [5.74, 6) is 1.78. The zero-order chi connectivity index (χ0) is 15.4. The Balaban J connectivity index is 1.65.